The number of amides is 2. The summed E-state index contributed by atoms with van der Waals surface area (Å²) in [7, 11) is 1.65. The molecule has 2 aromatic rings. The van der Waals surface area contributed by atoms with Crippen LogP contribution in [0.25, 0.3) is 0 Å². The number of pyridine rings is 1. The molecule has 0 atom stereocenters. The van der Waals surface area contributed by atoms with E-state index in [1.807, 2.05) is 12.1 Å². The van der Waals surface area contributed by atoms with Gasteiger partial charge >= 0.3 is 6.03 Å². The Kier molecular flexibility index (Phi) is 4.30. The van der Waals surface area contributed by atoms with Gasteiger partial charge in [0.1, 0.15) is 5.82 Å². The topological polar surface area (TPSA) is 45.2 Å². The average Bonchev–Trinajstić information content (AvgIpc) is 2.43. The van der Waals surface area contributed by atoms with E-state index in [0.29, 0.717) is 6.54 Å². The van der Waals surface area contributed by atoms with Gasteiger partial charge in [0.25, 0.3) is 0 Å². The summed E-state index contributed by atoms with van der Waals surface area (Å²) in [4.78, 5) is 17.4. The summed E-state index contributed by atoms with van der Waals surface area (Å²) >= 11 is 0. The Hall–Kier alpha value is -2.43. The Morgan fingerprint density at radius 3 is 2.65 bits per heavy atom. The number of hydrogen-bond acceptors (Lipinski definition) is 2. The molecular weight excluding hydrogens is 257 g/mol. The molecule has 0 spiro atoms. The van der Waals surface area contributed by atoms with E-state index >= 15 is 0 Å². The maximum atomic E-state index is 13.7. The van der Waals surface area contributed by atoms with E-state index in [0.717, 1.165) is 11.1 Å². The van der Waals surface area contributed by atoms with Crippen molar-refractivity contribution in [2.24, 2.45) is 0 Å². The Balaban J connectivity index is 2.01. The van der Waals surface area contributed by atoms with E-state index < -0.39 is 5.82 Å². The molecule has 0 aliphatic rings. The van der Waals surface area contributed by atoms with Crippen molar-refractivity contribution in [3.63, 3.8) is 0 Å². The van der Waals surface area contributed by atoms with Gasteiger partial charge in [-0.2, -0.15) is 0 Å². The Morgan fingerprint density at radius 1 is 1.30 bits per heavy atom. The summed E-state index contributed by atoms with van der Waals surface area (Å²) in [5.74, 6) is -0.435. The predicted octanol–water partition coefficient (Wildman–Crippen LogP) is 3.19. The first-order valence-corrected chi connectivity index (χ1v) is 6.23. The van der Waals surface area contributed by atoms with Gasteiger partial charge in [-0.1, -0.05) is 6.07 Å². The second-order valence-corrected chi connectivity index (χ2v) is 4.62. The molecule has 4 nitrogen and oxygen atoms in total. The zero-order valence-electron chi connectivity index (χ0n) is 11.4. The number of nitrogens with zero attached hydrogens (tertiary/aromatic N) is 2. The van der Waals surface area contributed by atoms with Crippen LogP contribution in [0.15, 0.2) is 42.7 Å². The molecule has 1 aromatic heterocycles. The number of aromatic nitrogens is 1. The molecule has 1 heterocycles. The number of carbonyl (C=O) groups is 1. The highest BCUT2D eigenvalue weighted by Gasteiger charge is 2.11. The summed E-state index contributed by atoms with van der Waals surface area (Å²) < 4.78 is 13.7. The zero-order valence-corrected chi connectivity index (χ0v) is 11.4. The third-order valence-corrected chi connectivity index (χ3v) is 2.88. The lowest BCUT2D eigenvalue weighted by Gasteiger charge is -2.18. The molecular formula is C15H16FN3O. The van der Waals surface area contributed by atoms with Crippen LogP contribution in [0.2, 0.25) is 0 Å². The molecule has 0 fully saturated rings. The molecule has 1 N–H and O–H groups in total. The highest BCUT2D eigenvalue weighted by atomic mass is 19.1. The number of benzene rings is 1. The summed E-state index contributed by atoms with van der Waals surface area (Å²) in [5.41, 5.74) is 1.95. The van der Waals surface area contributed by atoms with Crippen LogP contribution in [0.3, 0.4) is 0 Å². The van der Waals surface area contributed by atoms with Gasteiger partial charge in [-0.05, 0) is 42.3 Å². The molecule has 1 aromatic carbocycles. The van der Waals surface area contributed by atoms with Crippen molar-refractivity contribution >= 4 is 11.7 Å². The molecule has 2 rings (SSSR count). The van der Waals surface area contributed by atoms with Gasteiger partial charge in [0.05, 0.1) is 5.69 Å². The molecule has 0 radical (unpaired) electrons. The maximum Gasteiger partial charge on any atom is 0.321 e. The fraction of sp³-hybridized carbons (Fsp3) is 0.200. The number of hydrogen-bond donors (Lipinski definition) is 1. The number of nitrogens with one attached hydrogen (secondary N) is 1. The van der Waals surface area contributed by atoms with Crippen molar-refractivity contribution in [3.05, 3.63) is 59.7 Å². The van der Waals surface area contributed by atoms with Crippen LogP contribution < -0.4 is 5.32 Å². The van der Waals surface area contributed by atoms with Crippen LogP contribution in [0.5, 0.6) is 0 Å². The number of anilines is 1. The lowest BCUT2D eigenvalue weighted by molar-refractivity contribution is 0.220. The highest BCUT2D eigenvalue weighted by Crippen LogP contribution is 2.16. The van der Waals surface area contributed by atoms with Crippen molar-refractivity contribution in [1.29, 1.82) is 0 Å². The molecule has 0 saturated carbocycles. The first-order valence-electron chi connectivity index (χ1n) is 6.23. The van der Waals surface area contributed by atoms with E-state index in [-0.39, 0.29) is 11.7 Å². The van der Waals surface area contributed by atoms with Gasteiger partial charge < -0.3 is 10.2 Å². The summed E-state index contributed by atoms with van der Waals surface area (Å²) in [6.07, 6.45) is 3.33. The van der Waals surface area contributed by atoms with Crippen LogP contribution >= 0.6 is 0 Å². The third-order valence-electron chi connectivity index (χ3n) is 2.88. The van der Waals surface area contributed by atoms with Crippen molar-refractivity contribution < 1.29 is 9.18 Å². The van der Waals surface area contributed by atoms with Gasteiger partial charge in [-0.3, -0.25) is 4.98 Å². The van der Waals surface area contributed by atoms with Crippen molar-refractivity contribution in [2.45, 2.75) is 13.5 Å². The lowest BCUT2D eigenvalue weighted by atomic mass is 10.2. The van der Waals surface area contributed by atoms with Crippen LogP contribution in [0.4, 0.5) is 14.9 Å². The van der Waals surface area contributed by atoms with Crippen molar-refractivity contribution in [1.82, 2.24) is 9.88 Å². The van der Waals surface area contributed by atoms with Gasteiger partial charge in [0.15, 0.2) is 0 Å². The fourth-order valence-electron chi connectivity index (χ4n) is 1.77. The largest absolute Gasteiger partial charge is 0.323 e. The number of halogens is 1. The minimum absolute atomic E-state index is 0.183. The normalized spacial score (nSPS) is 10.2. The quantitative estimate of drug-likeness (QED) is 0.933. The van der Waals surface area contributed by atoms with E-state index in [2.05, 4.69) is 10.3 Å². The van der Waals surface area contributed by atoms with Crippen LogP contribution in [-0.4, -0.2) is 23.0 Å². The first kappa shape index (κ1) is 14.0. The Bertz CT molecular complexity index is 601. The van der Waals surface area contributed by atoms with Crippen LogP contribution in [0.1, 0.15) is 11.1 Å². The molecule has 5 heteroatoms. The molecule has 104 valence electrons. The Labute approximate surface area is 117 Å². The minimum atomic E-state index is -0.435. The van der Waals surface area contributed by atoms with Gasteiger partial charge in [-0.25, -0.2) is 9.18 Å². The summed E-state index contributed by atoms with van der Waals surface area (Å²) in [6.45, 7) is 2.23. The number of aryl methyl sites for hydroxylation is 1. The maximum absolute atomic E-state index is 13.7. The predicted molar refractivity (Wildman–Crippen MR) is 75.9 cm³/mol. The SMILES string of the molecule is Cc1ccc(NC(=O)N(C)Cc2ccncc2)c(F)c1. The monoisotopic (exact) mass is 273 g/mol. The molecule has 0 aliphatic carbocycles. The van der Waals surface area contributed by atoms with E-state index in [1.165, 1.54) is 11.0 Å². The first-order chi connectivity index (χ1) is 9.56. The average molecular weight is 273 g/mol. The lowest BCUT2D eigenvalue weighted by Crippen LogP contribution is -2.31. The molecule has 0 aliphatic heterocycles. The molecule has 20 heavy (non-hydrogen) atoms. The molecule has 2 amide bonds. The highest BCUT2D eigenvalue weighted by molar-refractivity contribution is 5.89. The smallest absolute Gasteiger partial charge is 0.321 e. The minimum Gasteiger partial charge on any atom is -0.323 e. The van der Waals surface area contributed by atoms with Crippen LogP contribution in [0, 0.1) is 12.7 Å². The van der Waals surface area contributed by atoms with E-state index in [1.54, 1.807) is 38.5 Å². The number of carbonyl (C=O) groups excluding carboxylic acids is 1. The van der Waals surface area contributed by atoms with E-state index in [4.69, 9.17) is 0 Å². The standard InChI is InChI=1S/C15H16FN3O/c1-11-3-4-14(13(16)9-11)18-15(20)19(2)10-12-5-7-17-8-6-12/h3-9H,10H2,1-2H3,(H,18,20). The second-order valence-electron chi connectivity index (χ2n) is 4.62. The second kappa shape index (κ2) is 6.14. The molecule has 0 saturated heterocycles. The van der Waals surface area contributed by atoms with Crippen LogP contribution in [-0.2, 0) is 6.54 Å². The summed E-state index contributed by atoms with van der Waals surface area (Å²) in [5, 5.41) is 2.55. The van der Waals surface area contributed by atoms with Gasteiger partial charge in [-0.15, -0.1) is 0 Å². The fourth-order valence-corrected chi connectivity index (χ4v) is 1.77. The van der Waals surface area contributed by atoms with Crippen molar-refractivity contribution in [2.75, 3.05) is 12.4 Å². The molecule has 0 unspecified atom stereocenters. The third kappa shape index (κ3) is 3.54. The van der Waals surface area contributed by atoms with Crippen molar-refractivity contribution in [3.8, 4) is 0 Å². The van der Waals surface area contributed by atoms with Gasteiger partial charge in [0, 0.05) is 26.0 Å². The van der Waals surface area contributed by atoms with Gasteiger partial charge in [0.2, 0.25) is 0 Å². The summed E-state index contributed by atoms with van der Waals surface area (Å²) in [6, 6.07) is 8.00. The Morgan fingerprint density at radius 2 is 2.00 bits per heavy atom. The number of rotatable bonds is 3. The van der Waals surface area contributed by atoms with E-state index in [9.17, 15) is 9.18 Å². The molecule has 0 bridgehead atoms. The number of urea groups is 1. The zero-order chi connectivity index (χ0) is 14.5.